The van der Waals surface area contributed by atoms with E-state index < -0.39 is 13.9 Å². The molecular weight excluding hydrogens is 300 g/mol. The van der Waals surface area contributed by atoms with Gasteiger partial charge in [0.2, 0.25) is 0 Å². The molecule has 0 N–H and O–H groups in total. The zero-order valence-electron chi connectivity index (χ0n) is 3.01. The van der Waals surface area contributed by atoms with Crippen molar-refractivity contribution in [2.45, 2.75) is 0 Å². The summed E-state index contributed by atoms with van der Waals surface area (Å²) in [7, 11) is 20.1. The molecular formula is Cl4KSn. The average Bonchev–Trinajstić information content (AvgIpc) is 0.722. The number of rotatable bonds is 0. The van der Waals surface area contributed by atoms with Gasteiger partial charge in [-0.25, -0.2) is 0 Å². The quantitative estimate of drug-likeness (QED) is 0.600. The van der Waals surface area contributed by atoms with Gasteiger partial charge in [0, 0.05) is 51.4 Å². The van der Waals surface area contributed by atoms with Gasteiger partial charge in [-0.2, -0.15) is 0 Å². The molecule has 0 aromatic carbocycles. The molecule has 0 amide bonds. The fourth-order valence-electron chi connectivity index (χ4n) is 0. The molecule has 0 aliphatic rings. The summed E-state index contributed by atoms with van der Waals surface area (Å²) in [6.45, 7) is 0. The van der Waals surface area contributed by atoms with Gasteiger partial charge in [-0.05, 0) is 0 Å². The first-order valence-electron chi connectivity index (χ1n) is 0.756. The van der Waals surface area contributed by atoms with Crippen LogP contribution in [0.3, 0.4) is 0 Å². The van der Waals surface area contributed by atoms with Crippen LogP contribution in [-0.2, 0) is 0 Å². The Morgan fingerprint density at radius 1 is 0.833 bits per heavy atom. The van der Waals surface area contributed by atoms with Crippen LogP contribution in [-0.4, -0.2) is 65.3 Å². The van der Waals surface area contributed by atoms with E-state index in [1.807, 2.05) is 0 Å². The minimum Gasteiger partial charge on any atom is 0 e. The first-order chi connectivity index (χ1) is 2.00. The Kier molecular flexibility index (Phi) is 11.0. The fourth-order valence-corrected chi connectivity index (χ4v) is 0. The molecule has 0 heterocycles. The van der Waals surface area contributed by atoms with Crippen molar-refractivity contribution in [1.82, 2.24) is 0 Å². The van der Waals surface area contributed by atoms with E-state index in [9.17, 15) is 0 Å². The molecule has 0 nitrogen and oxygen atoms in total. The van der Waals surface area contributed by atoms with E-state index in [1.54, 1.807) is 0 Å². The smallest absolute Gasteiger partial charge is 0 e. The second-order valence-electron chi connectivity index (χ2n) is 0.429. The van der Waals surface area contributed by atoms with Crippen LogP contribution in [0.2, 0.25) is 0 Å². The molecule has 0 atom stereocenters. The fraction of sp³-hybridized carbons (Fsp3) is 0. The van der Waals surface area contributed by atoms with E-state index in [2.05, 4.69) is 0 Å². The van der Waals surface area contributed by atoms with Crippen LogP contribution in [0.1, 0.15) is 0 Å². The molecule has 0 aromatic heterocycles. The van der Waals surface area contributed by atoms with Crippen molar-refractivity contribution in [3.63, 3.8) is 0 Å². The van der Waals surface area contributed by atoms with Crippen LogP contribution in [0.5, 0.6) is 0 Å². The van der Waals surface area contributed by atoms with Crippen LogP contribution in [0, 0.1) is 0 Å². The van der Waals surface area contributed by atoms with Crippen LogP contribution in [0.15, 0.2) is 0 Å². The third-order valence-corrected chi connectivity index (χ3v) is 0. The molecule has 33 valence electrons. The molecule has 0 aliphatic carbocycles. The molecule has 0 unspecified atom stereocenters. The van der Waals surface area contributed by atoms with Crippen molar-refractivity contribution in [3.05, 3.63) is 0 Å². The van der Waals surface area contributed by atoms with Gasteiger partial charge in [0.25, 0.3) is 0 Å². The van der Waals surface area contributed by atoms with E-state index in [0.717, 1.165) is 0 Å². The van der Waals surface area contributed by atoms with Gasteiger partial charge in [-0.3, -0.25) is 0 Å². The zero-order valence-corrected chi connectivity index (χ0v) is 12.0. The second-order valence-corrected chi connectivity index (χ2v) is 25.9. The first-order valence-corrected chi connectivity index (χ1v) is 15.2. The predicted octanol–water partition coefficient (Wildman–Crippen LogP) is 2.00. The zero-order chi connectivity index (χ0) is 4.50. The van der Waals surface area contributed by atoms with Crippen molar-refractivity contribution in [2.75, 3.05) is 0 Å². The van der Waals surface area contributed by atoms with Crippen molar-refractivity contribution in [1.29, 1.82) is 0 Å². The summed E-state index contributed by atoms with van der Waals surface area (Å²) < 4.78 is 0. The molecule has 0 saturated heterocycles. The van der Waals surface area contributed by atoms with Crippen LogP contribution in [0.25, 0.3) is 0 Å². The van der Waals surface area contributed by atoms with Crippen LogP contribution >= 0.6 is 35.7 Å². The van der Waals surface area contributed by atoms with Gasteiger partial charge in [0.15, 0.2) is 0 Å². The number of hydrogen-bond donors (Lipinski definition) is 0. The van der Waals surface area contributed by atoms with Crippen LogP contribution < -0.4 is 0 Å². The number of halogens is 4. The molecule has 0 rings (SSSR count). The molecule has 6 heteroatoms. The van der Waals surface area contributed by atoms with Gasteiger partial charge in [-0.15, -0.1) is 0 Å². The van der Waals surface area contributed by atoms with Crippen molar-refractivity contribution in [2.24, 2.45) is 0 Å². The Hall–Kier alpha value is 3.60. The summed E-state index contributed by atoms with van der Waals surface area (Å²) in [6.07, 6.45) is 0. The van der Waals surface area contributed by atoms with E-state index in [1.165, 1.54) is 0 Å². The second kappa shape index (κ2) is 5.39. The third kappa shape index (κ3) is 25.6. The van der Waals surface area contributed by atoms with Gasteiger partial charge in [0.05, 0.1) is 0 Å². The van der Waals surface area contributed by atoms with Gasteiger partial charge in [-0.1, -0.05) is 0 Å². The van der Waals surface area contributed by atoms with E-state index in [-0.39, 0.29) is 51.4 Å². The van der Waals surface area contributed by atoms with Crippen molar-refractivity contribution in [3.8, 4) is 0 Å². The molecule has 6 heavy (non-hydrogen) atoms. The SMILES string of the molecule is [Cl][Sn]([Cl])([Cl])[Cl].[K]. The largest absolute Gasteiger partial charge is 0 e. The standard InChI is InChI=1S/4ClH.K.Sn/h4*1H;;/q;;;;;+4/p-4. The Morgan fingerprint density at radius 3 is 0.833 bits per heavy atom. The molecule has 0 saturated carbocycles. The van der Waals surface area contributed by atoms with E-state index in [4.69, 9.17) is 35.7 Å². The predicted molar refractivity (Wildman–Crippen MR) is 34.9 cm³/mol. The number of hydrogen-bond acceptors (Lipinski definition) is 0. The van der Waals surface area contributed by atoms with E-state index >= 15 is 0 Å². The van der Waals surface area contributed by atoms with Crippen molar-refractivity contribution < 1.29 is 0 Å². The molecule has 0 spiro atoms. The Bertz CT molecular complexity index is 23.0. The van der Waals surface area contributed by atoms with Crippen LogP contribution in [0.4, 0.5) is 0 Å². The topological polar surface area (TPSA) is 0 Å². The normalized spacial score (nSPS) is 10.0. The summed E-state index contributed by atoms with van der Waals surface area (Å²) >= 11 is -3.29. The Morgan fingerprint density at radius 2 is 0.833 bits per heavy atom. The molecule has 0 aliphatic heterocycles. The van der Waals surface area contributed by atoms with E-state index in [0.29, 0.717) is 0 Å². The third-order valence-electron chi connectivity index (χ3n) is 0. The minimum absolute atomic E-state index is 0. The summed E-state index contributed by atoms with van der Waals surface area (Å²) in [5.74, 6) is 0. The van der Waals surface area contributed by atoms with Crippen molar-refractivity contribution >= 4 is 101 Å². The molecule has 0 bridgehead atoms. The monoisotopic (exact) mass is 299 g/mol. The Balaban J connectivity index is 0. The average molecular weight is 300 g/mol. The van der Waals surface area contributed by atoms with Gasteiger partial charge in [0.1, 0.15) is 0 Å². The summed E-state index contributed by atoms with van der Waals surface area (Å²) in [4.78, 5) is 0. The minimum atomic E-state index is -3.29. The van der Waals surface area contributed by atoms with Gasteiger partial charge < -0.3 is 0 Å². The molecule has 0 aromatic rings. The van der Waals surface area contributed by atoms with Gasteiger partial charge >= 0.3 is 49.6 Å². The molecule has 1 radical (unpaired) electrons. The maximum absolute atomic E-state index is 5.04. The maximum Gasteiger partial charge on any atom is 0 e. The summed E-state index contributed by atoms with van der Waals surface area (Å²) in [6, 6.07) is 0. The summed E-state index contributed by atoms with van der Waals surface area (Å²) in [5, 5.41) is 0. The maximum atomic E-state index is 5.04. The Labute approximate surface area is 98.0 Å². The molecule has 0 fully saturated rings. The first kappa shape index (κ1) is 12.3. The summed E-state index contributed by atoms with van der Waals surface area (Å²) in [5.41, 5.74) is 0.